The third kappa shape index (κ3) is 4.83. The van der Waals surface area contributed by atoms with Gasteiger partial charge in [-0.1, -0.05) is 36.8 Å². The van der Waals surface area contributed by atoms with Gasteiger partial charge in [-0.25, -0.2) is 4.98 Å². The highest BCUT2D eigenvalue weighted by Gasteiger charge is 2.16. The molecule has 6 heteroatoms. The van der Waals surface area contributed by atoms with Crippen molar-refractivity contribution in [2.45, 2.75) is 20.3 Å². The summed E-state index contributed by atoms with van der Waals surface area (Å²) in [6, 6.07) is 14.1. The van der Waals surface area contributed by atoms with Crippen LogP contribution in [0.2, 0.25) is 0 Å². The Morgan fingerprint density at radius 2 is 1.79 bits per heavy atom. The van der Waals surface area contributed by atoms with Crippen LogP contribution in [0.4, 0.5) is 5.69 Å². The molecule has 0 spiro atoms. The zero-order valence-corrected chi connectivity index (χ0v) is 17.2. The van der Waals surface area contributed by atoms with E-state index < -0.39 is 0 Å². The van der Waals surface area contributed by atoms with Crippen molar-refractivity contribution in [3.05, 3.63) is 48.0 Å². The van der Waals surface area contributed by atoms with Gasteiger partial charge in [0, 0.05) is 50.4 Å². The molecule has 0 unspecified atom stereocenters. The monoisotopic (exact) mass is 391 g/mol. The van der Waals surface area contributed by atoms with Crippen LogP contribution in [-0.4, -0.2) is 64.9 Å². The Kier molecular flexibility index (Phi) is 5.92. The van der Waals surface area contributed by atoms with Gasteiger partial charge in [0.25, 0.3) is 0 Å². The number of amides is 1. The number of aromatic amines is 1. The summed E-state index contributed by atoms with van der Waals surface area (Å²) in [6.07, 6.45) is 0.516. The first kappa shape index (κ1) is 19.6. The van der Waals surface area contributed by atoms with Gasteiger partial charge in [-0.15, -0.1) is 0 Å². The number of nitrogens with one attached hydrogen (secondary N) is 2. The minimum atomic E-state index is 0.0561. The Hall–Kier alpha value is -2.70. The number of nitrogens with zero attached hydrogens (tertiary/aromatic N) is 3. The maximum Gasteiger partial charge on any atom is 0.225 e. The van der Waals surface area contributed by atoms with Crippen LogP contribution in [0.15, 0.2) is 42.5 Å². The van der Waals surface area contributed by atoms with Crippen LogP contribution in [0, 0.1) is 6.92 Å². The van der Waals surface area contributed by atoms with E-state index in [0.717, 1.165) is 67.4 Å². The van der Waals surface area contributed by atoms with Crippen LogP contribution in [0.1, 0.15) is 18.9 Å². The Labute approximate surface area is 171 Å². The first-order chi connectivity index (χ1) is 14.1. The molecular weight excluding hydrogens is 362 g/mol. The third-order valence-corrected chi connectivity index (χ3v) is 5.66. The van der Waals surface area contributed by atoms with Crippen molar-refractivity contribution in [3.8, 4) is 11.4 Å². The summed E-state index contributed by atoms with van der Waals surface area (Å²) in [5.74, 6) is 0.898. The summed E-state index contributed by atoms with van der Waals surface area (Å²) in [5, 5.41) is 3.03. The van der Waals surface area contributed by atoms with Gasteiger partial charge in [-0.3, -0.25) is 4.79 Å². The Balaban J connectivity index is 1.35. The number of likely N-dealkylation sites (N-methyl/N-ethyl adjacent to an activating group) is 1. The van der Waals surface area contributed by atoms with Gasteiger partial charge in [0.2, 0.25) is 5.91 Å². The van der Waals surface area contributed by atoms with Crippen LogP contribution < -0.4 is 5.32 Å². The number of hydrogen-bond acceptors (Lipinski definition) is 4. The van der Waals surface area contributed by atoms with E-state index in [-0.39, 0.29) is 5.91 Å². The van der Waals surface area contributed by atoms with E-state index in [9.17, 15) is 4.79 Å². The SMILES string of the molecule is CCN1CCN(CCC(=O)Nc2ccc3nc(-c4ccc(C)cc4)[nH]c3c2)CC1. The van der Waals surface area contributed by atoms with E-state index in [1.807, 2.05) is 18.2 Å². The molecule has 1 amide bonds. The molecule has 1 fully saturated rings. The van der Waals surface area contributed by atoms with Crippen molar-refractivity contribution in [2.75, 3.05) is 44.6 Å². The van der Waals surface area contributed by atoms with Crippen molar-refractivity contribution in [3.63, 3.8) is 0 Å². The van der Waals surface area contributed by atoms with Crippen molar-refractivity contribution in [1.29, 1.82) is 0 Å². The number of carbonyl (C=O) groups excluding carboxylic acids is 1. The minimum absolute atomic E-state index is 0.0561. The molecule has 1 aromatic heterocycles. The summed E-state index contributed by atoms with van der Waals surface area (Å²) < 4.78 is 0. The number of piperazine rings is 1. The summed E-state index contributed by atoms with van der Waals surface area (Å²) in [7, 11) is 0. The van der Waals surface area contributed by atoms with Crippen LogP contribution in [0.3, 0.4) is 0 Å². The molecule has 0 aliphatic carbocycles. The number of H-pyrrole nitrogens is 1. The number of benzene rings is 2. The molecule has 3 aromatic rings. The fourth-order valence-corrected chi connectivity index (χ4v) is 3.75. The number of rotatable bonds is 6. The summed E-state index contributed by atoms with van der Waals surface area (Å²) >= 11 is 0. The van der Waals surface area contributed by atoms with E-state index in [0.29, 0.717) is 6.42 Å². The van der Waals surface area contributed by atoms with Gasteiger partial charge in [0.1, 0.15) is 5.82 Å². The van der Waals surface area contributed by atoms with Crippen LogP contribution in [0.25, 0.3) is 22.4 Å². The predicted molar refractivity (Wildman–Crippen MR) is 118 cm³/mol. The quantitative estimate of drug-likeness (QED) is 0.675. The number of anilines is 1. The smallest absolute Gasteiger partial charge is 0.225 e. The summed E-state index contributed by atoms with van der Waals surface area (Å²) in [6.45, 7) is 10.5. The molecule has 0 saturated carbocycles. The largest absolute Gasteiger partial charge is 0.338 e. The van der Waals surface area contributed by atoms with Crippen molar-refractivity contribution in [2.24, 2.45) is 0 Å². The highest BCUT2D eigenvalue weighted by Crippen LogP contribution is 2.23. The van der Waals surface area contributed by atoms with E-state index in [1.54, 1.807) is 0 Å². The third-order valence-electron chi connectivity index (χ3n) is 5.66. The van der Waals surface area contributed by atoms with Gasteiger partial charge < -0.3 is 20.1 Å². The number of imidazole rings is 1. The van der Waals surface area contributed by atoms with Crippen molar-refractivity contribution < 1.29 is 4.79 Å². The molecule has 2 aromatic carbocycles. The van der Waals surface area contributed by atoms with Gasteiger partial charge in [0.05, 0.1) is 11.0 Å². The first-order valence-electron chi connectivity index (χ1n) is 10.4. The lowest BCUT2D eigenvalue weighted by atomic mass is 10.1. The molecule has 29 heavy (non-hydrogen) atoms. The molecule has 6 nitrogen and oxygen atoms in total. The average Bonchev–Trinajstić information content (AvgIpc) is 3.16. The number of fused-ring (bicyclic) bond motifs is 1. The normalized spacial score (nSPS) is 15.7. The van der Waals surface area contributed by atoms with Crippen LogP contribution in [-0.2, 0) is 4.79 Å². The lowest BCUT2D eigenvalue weighted by molar-refractivity contribution is -0.116. The summed E-state index contributed by atoms with van der Waals surface area (Å²) in [5.41, 5.74) is 4.90. The molecule has 2 heterocycles. The van der Waals surface area contributed by atoms with Crippen LogP contribution in [0.5, 0.6) is 0 Å². The number of carbonyl (C=O) groups is 1. The van der Waals surface area contributed by atoms with Crippen LogP contribution >= 0.6 is 0 Å². The molecule has 152 valence electrons. The fraction of sp³-hybridized carbons (Fsp3) is 0.391. The molecule has 1 saturated heterocycles. The second-order valence-electron chi connectivity index (χ2n) is 7.76. The van der Waals surface area contributed by atoms with Crippen molar-refractivity contribution in [1.82, 2.24) is 19.8 Å². The average molecular weight is 392 g/mol. The highest BCUT2D eigenvalue weighted by molar-refractivity contribution is 5.93. The predicted octanol–water partition coefficient (Wildman–Crippen LogP) is 3.50. The van der Waals surface area contributed by atoms with Gasteiger partial charge in [0.15, 0.2) is 0 Å². The zero-order chi connectivity index (χ0) is 20.2. The maximum absolute atomic E-state index is 12.4. The second-order valence-corrected chi connectivity index (χ2v) is 7.76. The maximum atomic E-state index is 12.4. The summed E-state index contributed by atoms with van der Waals surface area (Å²) in [4.78, 5) is 25.2. The van der Waals surface area contributed by atoms with E-state index in [1.165, 1.54) is 5.56 Å². The lowest BCUT2D eigenvalue weighted by Gasteiger charge is -2.33. The van der Waals surface area contributed by atoms with E-state index >= 15 is 0 Å². The van der Waals surface area contributed by atoms with Crippen molar-refractivity contribution >= 4 is 22.6 Å². The molecule has 2 N–H and O–H groups in total. The van der Waals surface area contributed by atoms with E-state index in [4.69, 9.17) is 0 Å². The first-order valence-corrected chi connectivity index (χ1v) is 10.4. The topological polar surface area (TPSA) is 64.3 Å². The molecule has 1 aliphatic heterocycles. The molecule has 0 radical (unpaired) electrons. The molecule has 4 rings (SSSR count). The molecule has 0 atom stereocenters. The van der Waals surface area contributed by atoms with Gasteiger partial charge in [-0.05, 0) is 31.7 Å². The lowest BCUT2D eigenvalue weighted by Crippen LogP contribution is -2.46. The second kappa shape index (κ2) is 8.76. The standard InChI is InChI=1S/C23H29N5O/c1-3-27-12-14-28(15-13-27)11-10-22(29)24-19-8-9-20-21(16-19)26-23(25-20)18-6-4-17(2)5-7-18/h4-9,16H,3,10-15H2,1-2H3,(H,24,29)(H,25,26). The number of aromatic nitrogens is 2. The minimum Gasteiger partial charge on any atom is -0.338 e. The number of aryl methyl sites for hydroxylation is 1. The van der Waals surface area contributed by atoms with E-state index in [2.05, 4.69) is 63.2 Å². The van der Waals surface area contributed by atoms with Gasteiger partial charge in [-0.2, -0.15) is 0 Å². The molecule has 0 bridgehead atoms. The molecular formula is C23H29N5O. The van der Waals surface area contributed by atoms with Gasteiger partial charge >= 0.3 is 0 Å². The molecule has 1 aliphatic rings. The fourth-order valence-electron chi connectivity index (χ4n) is 3.75. The Morgan fingerprint density at radius 3 is 2.52 bits per heavy atom. The zero-order valence-electron chi connectivity index (χ0n) is 17.2. The highest BCUT2D eigenvalue weighted by atomic mass is 16.1. The Morgan fingerprint density at radius 1 is 1.07 bits per heavy atom. The Bertz CT molecular complexity index is 971. The number of hydrogen-bond donors (Lipinski definition) is 2.